The molecule has 0 aromatic carbocycles. The molecule has 1 aliphatic heterocycles. The van der Waals surface area contributed by atoms with Crippen molar-refractivity contribution in [2.75, 3.05) is 6.61 Å². The second-order valence-electron chi connectivity index (χ2n) is 3.13. The van der Waals surface area contributed by atoms with Gasteiger partial charge >= 0.3 is 0 Å². The standard InChI is InChI=1S/C9H17O/c1-3-5-8(4-2)6-9-7-10-9/h8-9H,2-7H2,1H3. The molecule has 1 aliphatic rings. The smallest absolute Gasteiger partial charge is 0.0812 e. The van der Waals surface area contributed by atoms with Crippen molar-refractivity contribution in [2.45, 2.75) is 38.7 Å². The van der Waals surface area contributed by atoms with Gasteiger partial charge in [-0.3, -0.25) is 0 Å². The molecular weight excluding hydrogens is 124 g/mol. The third kappa shape index (κ3) is 2.70. The third-order valence-electron chi connectivity index (χ3n) is 2.10. The summed E-state index contributed by atoms with van der Waals surface area (Å²) in [5.41, 5.74) is 0. The van der Waals surface area contributed by atoms with Gasteiger partial charge in [-0.15, -0.1) is 0 Å². The van der Waals surface area contributed by atoms with Gasteiger partial charge in [-0.25, -0.2) is 0 Å². The number of epoxide rings is 1. The Morgan fingerprint density at radius 3 is 2.80 bits per heavy atom. The minimum absolute atomic E-state index is 0.596. The highest BCUT2D eigenvalue weighted by Crippen LogP contribution is 2.24. The molecule has 0 spiro atoms. The molecule has 1 saturated heterocycles. The van der Waals surface area contributed by atoms with Gasteiger partial charge in [0.15, 0.2) is 0 Å². The van der Waals surface area contributed by atoms with Crippen LogP contribution in [0.5, 0.6) is 0 Å². The molecule has 59 valence electrons. The van der Waals surface area contributed by atoms with E-state index in [9.17, 15) is 0 Å². The van der Waals surface area contributed by atoms with Crippen molar-refractivity contribution >= 4 is 0 Å². The topological polar surface area (TPSA) is 12.5 Å². The van der Waals surface area contributed by atoms with Crippen molar-refractivity contribution in [2.24, 2.45) is 5.92 Å². The lowest BCUT2D eigenvalue weighted by molar-refractivity contribution is 0.340. The number of ether oxygens (including phenoxy) is 1. The van der Waals surface area contributed by atoms with E-state index in [-0.39, 0.29) is 0 Å². The van der Waals surface area contributed by atoms with E-state index in [0.717, 1.165) is 18.9 Å². The molecule has 1 fully saturated rings. The first-order chi connectivity index (χ1) is 4.86. The van der Waals surface area contributed by atoms with E-state index in [1.54, 1.807) is 0 Å². The first-order valence-electron chi connectivity index (χ1n) is 4.27. The van der Waals surface area contributed by atoms with Gasteiger partial charge in [0.2, 0.25) is 0 Å². The summed E-state index contributed by atoms with van der Waals surface area (Å²) >= 11 is 0. The summed E-state index contributed by atoms with van der Waals surface area (Å²) in [7, 11) is 0. The molecule has 0 bridgehead atoms. The second-order valence-corrected chi connectivity index (χ2v) is 3.13. The van der Waals surface area contributed by atoms with Gasteiger partial charge in [0.05, 0.1) is 12.7 Å². The number of rotatable bonds is 5. The molecule has 0 aromatic heterocycles. The summed E-state index contributed by atoms with van der Waals surface area (Å²) < 4.78 is 5.16. The largest absolute Gasteiger partial charge is 0.373 e. The quantitative estimate of drug-likeness (QED) is 0.536. The van der Waals surface area contributed by atoms with E-state index in [2.05, 4.69) is 13.8 Å². The van der Waals surface area contributed by atoms with Crippen LogP contribution < -0.4 is 0 Å². The molecular formula is C9H17O. The van der Waals surface area contributed by atoms with E-state index in [0.29, 0.717) is 6.10 Å². The third-order valence-corrected chi connectivity index (χ3v) is 2.10. The maximum absolute atomic E-state index is 5.16. The molecule has 1 heterocycles. The highest BCUT2D eigenvalue weighted by Gasteiger charge is 2.25. The summed E-state index contributed by atoms with van der Waals surface area (Å²) in [6.45, 7) is 7.16. The Morgan fingerprint density at radius 2 is 2.40 bits per heavy atom. The van der Waals surface area contributed by atoms with Crippen molar-refractivity contribution in [3.05, 3.63) is 6.92 Å². The van der Waals surface area contributed by atoms with Crippen molar-refractivity contribution in [1.29, 1.82) is 0 Å². The average molecular weight is 141 g/mol. The van der Waals surface area contributed by atoms with Crippen molar-refractivity contribution in [1.82, 2.24) is 0 Å². The highest BCUT2D eigenvalue weighted by molar-refractivity contribution is 4.74. The Balaban J connectivity index is 2.05. The molecule has 2 unspecified atom stereocenters. The highest BCUT2D eigenvalue weighted by atomic mass is 16.6. The van der Waals surface area contributed by atoms with Crippen LogP contribution in [0.25, 0.3) is 0 Å². The second kappa shape index (κ2) is 3.97. The molecule has 1 radical (unpaired) electrons. The molecule has 0 N–H and O–H groups in total. The zero-order valence-electron chi connectivity index (χ0n) is 6.81. The summed E-state index contributed by atoms with van der Waals surface area (Å²) in [4.78, 5) is 0. The normalized spacial score (nSPS) is 26.4. The van der Waals surface area contributed by atoms with E-state index >= 15 is 0 Å². The Morgan fingerprint density at radius 1 is 1.70 bits per heavy atom. The van der Waals surface area contributed by atoms with Gasteiger partial charge in [0.25, 0.3) is 0 Å². The van der Waals surface area contributed by atoms with Crippen LogP contribution >= 0.6 is 0 Å². The van der Waals surface area contributed by atoms with E-state index in [1.165, 1.54) is 19.3 Å². The monoisotopic (exact) mass is 141 g/mol. The van der Waals surface area contributed by atoms with Crippen LogP contribution in [-0.4, -0.2) is 12.7 Å². The average Bonchev–Trinajstić information content (AvgIpc) is 2.71. The van der Waals surface area contributed by atoms with Crippen LogP contribution in [0.15, 0.2) is 0 Å². The van der Waals surface area contributed by atoms with Crippen molar-refractivity contribution in [3.63, 3.8) is 0 Å². The molecule has 0 amide bonds. The van der Waals surface area contributed by atoms with Gasteiger partial charge in [0, 0.05) is 0 Å². The fraction of sp³-hybridized carbons (Fsp3) is 0.889. The van der Waals surface area contributed by atoms with Gasteiger partial charge in [-0.1, -0.05) is 33.1 Å². The van der Waals surface area contributed by atoms with Crippen LogP contribution in [0.3, 0.4) is 0 Å². The molecule has 1 rings (SSSR count). The molecule has 10 heavy (non-hydrogen) atoms. The maximum atomic E-state index is 5.16. The minimum Gasteiger partial charge on any atom is -0.373 e. The molecule has 1 nitrogen and oxygen atoms in total. The van der Waals surface area contributed by atoms with E-state index in [1.807, 2.05) is 0 Å². The lowest BCUT2D eigenvalue weighted by Crippen LogP contribution is -2.02. The van der Waals surface area contributed by atoms with E-state index in [4.69, 9.17) is 4.74 Å². The molecule has 2 atom stereocenters. The van der Waals surface area contributed by atoms with Crippen LogP contribution in [0.2, 0.25) is 0 Å². The Bertz CT molecular complexity index is 86.7. The first kappa shape index (κ1) is 8.06. The predicted molar refractivity (Wildman–Crippen MR) is 42.7 cm³/mol. The fourth-order valence-corrected chi connectivity index (χ4v) is 1.36. The van der Waals surface area contributed by atoms with Crippen LogP contribution in [0, 0.1) is 12.8 Å². The Hall–Kier alpha value is -0.0400. The first-order valence-corrected chi connectivity index (χ1v) is 4.27. The van der Waals surface area contributed by atoms with Crippen LogP contribution in [0.4, 0.5) is 0 Å². The fourth-order valence-electron chi connectivity index (χ4n) is 1.36. The summed E-state index contributed by atoms with van der Waals surface area (Å²) in [6.07, 6.45) is 5.53. The zero-order valence-corrected chi connectivity index (χ0v) is 6.81. The zero-order chi connectivity index (χ0) is 7.40. The minimum atomic E-state index is 0.596. The molecule has 1 heteroatoms. The molecule has 0 saturated carbocycles. The molecule has 0 aromatic rings. The molecule has 0 aliphatic carbocycles. The summed E-state index contributed by atoms with van der Waals surface area (Å²) in [6, 6.07) is 0. The SMILES string of the molecule is [CH2]CC(CCC)CC1CO1. The number of hydrogen-bond donors (Lipinski definition) is 0. The van der Waals surface area contributed by atoms with Gasteiger partial charge in [-0.2, -0.15) is 0 Å². The van der Waals surface area contributed by atoms with Gasteiger partial charge in [0.1, 0.15) is 0 Å². The maximum Gasteiger partial charge on any atom is 0.0812 e. The summed E-state index contributed by atoms with van der Waals surface area (Å²) in [5.74, 6) is 0.817. The van der Waals surface area contributed by atoms with Crippen molar-refractivity contribution < 1.29 is 4.74 Å². The Kier molecular flexibility index (Phi) is 3.20. The van der Waals surface area contributed by atoms with Crippen LogP contribution in [-0.2, 0) is 4.74 Å². The van der Waals surface area contributed by atoms with Crippen molar-refractivity contribution in [3.8, 4) is 0 Å². The van der Waals surface area contributed by atoms with E-state index < -0.39 is 0 Å². The summed E-state index contributed by atoms with van der Waals surface area (Å²) in [5, 5.41) is 0. The van der Waals surface area contributed by atoms with Gasteiger partial charge < -0.3 is 4.74 Å². The van der Waals surface area contributed by atoms with Gasteiger partial charge in [-0.05, 0) is 12.3 Å². The number of hydrogen-bond acceptors (Lipinski definition) is 1. The predicted octanol–water partition coefficient (Wildman–Crippen LogP) is 2.42. The lowest BCUT2D eigenvalue weighted by atomic mass is 9.96. The lowest BCUT2D eigenvalue weighted by Gasteiger charge is -2.10. The Labute approximate surface area is 63.8 Å². The van der Waals surface area contributed by atoms with Crippen LogP contribution in [0.1, 0.15) is 32.6 Å².